The van der Waals surface area contributed by atoms with Gasteiger partial charge in [0.1, 0.15) is 0 Å². The fourth-order valence-electron chi connectivity index (χ4n) is 0.702. The van der Waals surface area contributed by atoms with E-state index in [2.05, 4.69) is 20.8 Å². The van der Waals surface area contributed by atoms with E-state index >= 15 is 0 Å². The number of halogens is 1. The molecule has 0 aromatic heterocycles. The van der Waals surface area contributed by atoms with Crippen LogP contribution in [0.2, 0.25) is 0 Å². The van der Waals surface area contributed by atoms with Crippen LogP contribution >= 0.6 is 15.9 Å². The molecule has 62 valence electrons. The van der Waals surface area contributed by atoms with Crippen molar-refractivity contribution in [2.75, 3.05) is 0 Å². The van der Waals surface area contributed by atoms with Crippen LogP contribution in [0.15, 0.2) is 34.1 Å². The molecule has 0 atom stereocenters. The number of hydrogen-bond acceptors (Lipinski definition) is 4. The monoisotopic (exact) mass is 229 g/mol. The Hall–Kier alpha value is -1.23. The molecule has 0 heterocycles. The lowest BCUT2D eigenvalue weighted by Crippen LogP contribution is -1.99. The van der Waals surface area contributed by atoms with E-state index in [4.69, 9.17) is 0 Å². The fourth-order valence-corrected chi connectivity index (χ4v) is 1.10. The summed E-state index contributed by atoms with van der Waals surface area (Å²) in [5.74, 6) is -0.758. The molecule has 4 nitrogen and oxygen atoms in total. The molecule has 0 aliphatic rings. The SMILES string of the molecule is O=NOC(=O)c1cccc(Br)c1. The number of hydrogen-bond donors (Lipinski definition) is 0. The first-order chi connectivity index (χ1) is 5.74. The Morgan fingerprint density at radius 2 is 2.25 bits per heavy atom. The molecule has 0 amide bonds. The minimum absolute atomic E-state index is 0.281. The second kappa shape index (κ2) is 3.96. The maximum Gasteiger partial charge on any atom is 0.369 e. The van der Waals surface area contributed by atoms with Gasteiger partial charge in [-0.1, -0.05) is 22.0 Å². The standard InChI is InChI=1S/C7H4BrNO3/c8-6-3-1-2-5(4-6)7(10)12-9-11/h1-4H. The fraction of sp³-hybridized carbons (Fsp3) is 0. The van der Waals surface area contributed by atoms with Crippen LogP contribution in [0, 0.1) is 4.91 Å². The van der Waals surface area contributed by atoms with Crippen LogP contribution in [0.3, 0.4) is 0 Å². The molecule has 0 N–H and O–H groups in total. The highest BCUT2D eigenvalue weighted by Crippen LogP contribution is 2.12. The van der Waals surface area contributed by atoms with Crippen LogP contribution in [0.25, 0.3) is 0 Å². The molecular formula is C7H4BrNO3. The molecule has 0 saturated heterocycles. The zero-order chi connectivity index (χ0) is 8.97. The maximum atomic E-state index is 10.9. The van der Waals surface area contributed by atoms with Crippen molar-refractivity contribution < 1.29 is 9.63 Å². The molecule has 5 heteroatoms. The zero-order valence-electron chi connectivity index (χ0n) is 5.86. The molecule has 0 bridgehead atoms. The molecule has 0 aliphatic heterocycles. The van der Waals surface area contributed by atoms with Gasteiger partial charge in [-0.2, -0.15) is 0 Å². The Morgan fingerprint density at radius 1 is 1.50 bits per heavy atom. The van der Waals surface area contributed by atoms with Gasteiger partial charge in [-0.15, -0.1) is 4.91 Å². The smallest absolute Gasteiger partial charge is 0.279 e. The Balaban J connectivity index is 2.87. The van der Waals surface area contributed by atoms with E-state index in [0.717, 1.165) is 4.47 Å². The lowest BCUT2D eigenvalue weighted by molar-refractivity contribution is 0.0508. The van der Waals surface area contributed by atoms with Gasteiger partial charge in [-0.05, 0) is 18.2 Å². The second-order valence-electron chi connectivity index (χ2n) is 1.96. The lowest BCUT2D eigenvalue weighted by Gasteiger charge is -1.95. The molecule has 1 aromatic rings. The molecule has 0 fully saturated rings. The summed E-state index contributed by atoms with van der Waals surface area (Å²) in [5, 5.41) is 2.03. The second-order valence-corrected chi connectivity index (χ2v) is 2.88. The van der Waals surface area contributed by atoms with E-state index in [1.165, 1.54) is 12.1 Å². The Labute approximate surface area is 76.6 Å². The Morgan fingerprint density at radius 3 is 2.83 bits per heavy atom. The first-order valence-corrected chi connectivity index (χ1v) is 3.83. The molecular weight excluding hydrogens is 226 g/mol. The van der Waals surface area contributed by atoms with E-state index in [-0.39, 0.29) is 5.56 Å². The van der Waals surface area contributed by atoms with E-state index in [0.29, 0.717) is 0 Å². The third-order valence-corrected chi connectivity index (χ3v) is 1.67. The van der Waals surface area contributed by atoms with E-state index < -0.39 is 5.97 Å². The van der Waals surface area contributed by atoms with Crippen LogP contribution in [0.5, 0.6) is 0 Å². The summed E-state index contributed by atoms with van der Waals surface area (Å²) in [4.78, 5) is 24.3. The maximum absolute atomic E-state index is 10.9. The van der Waals surface area contributed by atoms with Crippen LogP contribution in [-0.2, 0) is 4.84 Å². The molecule has 0 unspecified atom stereocenters. The van der Waals surface area contributed by atoms with E-state index in [1.54, 1.807) is 12.1 Å². The largest absolute Gasteiger partial charge is 0.369 e. The summed E-state index contributed by atoms with van der Waals surface area (Å²) in [6.45, 7) is 0. The topological polar surface area (TPSA) is 55.7 Å². The van der Waals surface area contributed by atoms with Gasteiger partial charge in [0, 0.05) is 4.47 Å². The molecule has 0 radical (unpaired) electrons. The third kappa shape index (κ3) is 2.13. The van der Waals surface area contributed by atoms with Gasteiger partial charge in [0.15, 0.2) is 5.34 Å². The van der Waals surface area contributed by atoms with Crippen molar-refractivity contribution in [2.45, 2.75) is 0 Å². The Kier molecular flexibility index (Phi) is 2.93. The van der Waals surface area contributed by atoms with Gasteiger partial charge in [-0.25, -0.2) is 4.79 Å². The van der Waals surface area contributed by atoms with Gasteiger partial charge in [-0.3, -0.25) is 4.84 Å². The summed E-state index contributed by atoms with van der Waals surface area (Å²) >= 11 is 3.17. The van der Waals surface area contributed by atoms with E-state index in [9.17, 15) is 9.70 Å². The van der Waals surface area contributed by atoms with Crippen LogP contribution in [-0.4, -0.2) is 5.97 Å². The highest BCUT2D eigenvalue weighted by Gasteiger charge is 2.06. The number of rotatable bonds is 2. The summed E-state index contributed by atoms with van der Waals surface area (Å²) < 4.78 is 0.739. The molecule has 1 rings (SSSR count). The lowest BCUT2D eigenvalue weighted by atomic mass is 10.2. The average molecular weight is 230 g/mol. The number of carbonyl (C=O) groups is 1. The minimum atomic E-state index is -0.758. The normalized spacial score (nSPS) is 9.08. The van der Waals surface area contributed by atoms with Gasteiger partial charge in [0.25, 0.3) is 0 Å². The quantitative estimate of drug-likeness (QED) is 0.578. The van der Waals surface area contributed by atoms with Crippen LogP contribution in [0.1, 0.15) is 10.4 Å². The number of carbonyl (C=O) groups excluding carboxylic acids is 1. The van der Waals surface area contributed by atoms with Gasteiger partial charge >= 0.3 is 5.97 Å². The van der Waals surface area contributed by atoms with Crippen molar-refractivity contribution in [3.63, 3.8) is 0 Å². The van der Waals surface area contributed by atoms with Crippen molar-refractivity contribution in [2.24, 2.45) is 5.34 Å². The van der Waals surface area contributed by atoms with Gasteiger partial charge in [0.05, 0.1) is 5.56 Å². The van der Waals surface area contributed by atoms with Crippen LogP contribution < -0.4 is 0 Å². The van der Waals surface area contributed by atoms with Gasteiger partial charge < -0.3 is 0 Å². The summed E-state index contributed by atoms with van der Waals surface area (Å²) in [6, 6.07) is 6.47. The molecule has 1 aromatic carbocycles. The van der Waals surface area contributed by atoms with Crippen LogP contribution in [0.4, 0.5) is 0 Å². The van der Waals surface area contributed by atoms with Crippen molar-refractivity contribution in [3.8, 4) is 0 Å². The summed E-state index contributed by atoms with van der Waals surface area (Å²) in [6.07, 6.45) is 0. The average Bonchev–Trinajstić information content (AvgIpc) is 2.05. The van der Waals surface area contributed by atoms with Crippen molar-refractivity contribution in [3.05, 3.63) is 39.2 Å². The Bertz CT molecular complexity index is 313. The van der Waals surface area contributed by atoms with Gasteiger partial charge in [0.2, 0.25) is 0 Å². The third-order valence-electron chi connectivity index (χ3n) is 1.18. The molecule has 0 aliphatic carbocycles. The van der Waals surface area contributed by atoms with E-state index in [1.807, 2.05) is 5.34 Å². The van der Waals surface area contributed by atoms with Crippen molar-refractivity contribution in [1.82, 2.24) is 0 Å². The predicted molar refractivity (Wildman–Crippen MR) is 45.4 cm³/mol. The highest BCUT2D eigenvalue weighted by atomic mass is 79.9. The zero-order valence-corrected chi connectivity index (χ0v) is 7.45. The summed E-state index contributed by atoms with van der Waals surface area (Å²) in [5.41, 5.74) is 0.281. The summed E-state index contributed by atoms with van der Waals surface area (Å²) in [7, 11) is 0. The molecule has 0 spiro atoms. The predicted octanol–water partition coefficient (Wildman–Crippen LogP) is 2.29. The highest BCUT2D eigenvalue weighted by molar-refractivity contribution is 9.10. The van der Waals surface area contributed by atoms with Crippen molar-refractivity contribution >= 4 is 21.9 Å². The minimum Gasteiger partial charge on any atom is -0.279 e. The number of benzene rings is 1. The molecule has 12 heavy (non-hydrogen) atoms. The first-order valence-electron chi connectivity index (χ1n) is 3.03. The first kappa shape index (κ1) is 8.86. The van der Waals surface area contributed by atoms with Crippen molar-refractivity contribution in [1.29, 1.82) is 0 Å². The number of nitrogens with zero attached hydrogens (tertiary/aromatic N) is 1. The molecule has 0 saturated carbocycles.